The normalized spacial score (nSPS) is 24.7. The molecule has 1 aliphatic rings. The number of hydrogen-bond donors (Lipinski definition) is 2. The Morgan fingerprint density at radius 2 is 2.09 bits per heavy atom. The van der Waals surface area contributed by atoms with Crippen LogP contribution in [0.15, 0.2) is 0 Å². The van der Waals surface area contributed by atoms with Crippen LogP contribution in [0.5, 0.6) is 0 Å². The van der Waals surface area contributed by atoms with E-state index in [-0.39, 0.29) is 18.0 Å². The van der Waals surface area contributed by atoms with Crippen molar-refractivity contribution in [1.82, 2.24) is 10.2 Å². The van der Waals surface area contributed by atoms with Gasteiger partial charge < -0.3 is 5.32 Å². The van der Waals surface area contributed by atoms with E-state index in [2.05, 4.69) is 17.9 Å². The van der Waals surface area contributed by atoms with Crippen molar-refractivity contribution >= 4 is 24.6 Å². The molecule has 5 heteroatoms. The van der Waals surface area contributed by atoms with Crippen molar-refractivity contribution in [1.29, 1.82) is 0 Å². The van der Waals surface area contributed by atoms with Crippen LogP contribution in [0.2, 0.25) is 0 Å². The van der Waals surface area contributed by atoms with Crippen molar-refractivity contribution in [2.24, 2.45) is 0 Å². The van der Waals surface area contributed by atoms with Gasteiger partial charge in [-0.25, -0.2) is 4.79 Å². The fraction of sp³-hybridized carbons (Fsp3) is 0.667. The van der Waals surface area contributed by atoms with E-state index in [1.54, 1.807) is 13.8 Å². The molecule has 1 N–H and O–H groups in total. The van der Waals surface area contributed by atoms with Gasteiger partial charge in [-0.15, -0.1) is 12.6 Å². The highest BCUT2D eigenvalue weighted by Gasteiger charge is 2.37. The van der Waals surface area contributed by atoms with Gasteiger partial charge in [0.25, 0.3) is 5.91 Å². The molecule has 62 valence electrons. The van der Waals surface area contributed by atoms with Crippen molar-refractivity contribution in [2.75, 3.05) is 0 Å². The van der Waals surface area contributed by atoms with E-state index in [1.807, 2.05) is 0 Å². The SMILES string of the molecule is CC(C)N1C(=O)NC(S)C1=O. The van der Waals surface area contributed by atoms with Gasteiger partial charge in [-0.2, -0.15) is 0 Å². The Morgan fingerprint density at radius 3 is 2.27 bits per heavy atom. The predicted molar refractivity (Wildman–Crippen MR) is 43.3 cm³/mol. The third-order valence-corrected chi connectivity index (χ3v) is 1.82. The molecule has 11 heavy (non-hydrogen) atoms. The van der Waals surface area contributed by atoms with Crippen LogP contribution in [-0.2, 0) is 4.79 Å². The number of hydrogen-bond acceptors (Lipinski definition) is 3. The van der Waals surface area contributed by atoms with Gasteiger partial charge in [0, 0.05) is 6.04 Å². The zero-order chi connectivity index (χ0) is 8.59. The average molecular weight is 174 g/mol. The molecule has 0 radical (unpaired) electrons. The summed E-state index contributed by atoms with van der Waals surface area (Å²) in [5.41, 5.74) is 0. The Hall–Kier alpha value is -0.710. The molecule has 0 spiro atoms. The lowest BCUT2D eigenvalue weighted by Crippen LogP contribution is -2.37. The highest BCUT2D eigenvalue weighted by Crippen LogP contribution is 2.11. The van der Waals surface area contributed by atoms with E-state index in [4.69, 9.17) is 0 Å². The Bertz CT molecular complexity index is 205. The Kier molecular flexibility index (Phi) is 2.08. The van der Waals surface area contributed by atoms with Gasteiger partial charge in [-0.1, -0.05) is 0 Å². The average Bonchev–Trinajstić information content (AvgIpc) is 2.07. The minimum atomic E-state index is -0.662. The molecule has 1 heterocycles. The van der Waals surface area contributed by atoms with Crippen molar-refractivity contribution in [3.63, 3.8) is 0 Å². The summed E-state index contributed by atoms with van der Waals surface area (Å²) >= 11 is 3.88. The second-order valence-electron chi connectivity index (χ2n) is 2.65. The van der Waals surface area contributed by atoms with Gasteiger partial charge in [0.1, 0.15) is 0 Å². The van der Waals surface area contributed by atoms with Crippen LogP contribution in [-0.4, -0.2) is 28.3 Å². The molecule has 1 rings (SSSR count). The summed E-state index contributed by atoms with van der Waals surface area (Å²) in [4.78, 5) is 23.3. The Labute approximate surface area is 70.3 Å². The van der Waals surface area contributed by atoms with Crippen LogP contribution >= 0.6 is 12.6 Å². The van der Waals surface area contributed by atoms with Gasteiger partial charge in [0.2, 0.25) is 0 Å². The van der Waals surface area contributed by atoms with Gasteiger partial charge in [0.15, 0.2) is 5.37 Å². The number of urea groups is 1. The van der Waals surface area contributed by atoms with Crippen molar-refractivity contribution < 1.29 is 9.59 Å². The minimum Gasteiger partial charge on any atom is -0.317 e. The van der Waals surface area contributed by atoms with Crippen LogP contribution in [0, 0.1) is 0 Å². The molecule has 1 saturated heterocycles. The number of imide groups is 1. The van der Waals surface area contributed by atoms with Crippen LogP contribution in [0.1, 0.15) is 13.8 Å². The van der Waals surface area contributed by atoms with Gasteiger partial charge >= 0.3 is 6.03 Å². The first-order valence-electron chi connectivity index (χ1n) is 3.35. The standard InChI is InChI=1S/C6H10N2O2S/c1-3(2)8-5(9)4(11)7-6(8)10/h3-4,11H,1-2H3,(H,7,10). The third-order valence-electron chi connectivity index (χ3n) is 1.47. The van der Waals surface area contributed by atoms with Crippen LogP contribution in [0.3, 0.4) is 0 Å². The number of nitrogens with zero attached hydrogens (tertiary/aromatic N) is 1. The molecule has 0 aromatic heterocycles. The number of rotatable bonds is 1. The quantitative estimate of drug-likeness (QED) is 0.441. The molecular weight excluding hydrogens is 164 g/mol. The lowest BCUT2D eigenvalue weighted by atomic mass is 10.3. The zero-order valence-electron chi connectivity index (χ0n) is 6.37. The highest BCUT2D eigenvalue weighted by molar-refractivity contribution is 7.81. The van der Waals surface area contributed by atoms with Gasteiger partial charge in [-0.05, 0) is 13.8 Å². The molecule has 1 unspecified atom stereocenters. The fourth-order valence-corrected chi connectivity index (χ4v) is 1.20. The van der Waals surface area contributed by atoms with Crippen molar-refractivity contribution in [3.05, 3.63) is 0 Å². The van der Waals surface area contributed by atoms with Crippen LogP contribution in [0.4, 0.5) is 4.79 Å². The number of carbonyl (C=O) groups is 2. The van der Waals surface area contributed by atoms with E-state index in [0.717, 1.165) is 4.90 Å². The maximum atomic E-state index is 11.1. The molecule has 3 amide bonds. The van der Waals surface area contributed by atoms with Gasteiger partial charge in [0.05, 0.1) is 0 Å². The minimum absolute atomic E-state index is 0.0975. The first-order chi connectivity index (χ1) is 5.04. The summed E-state index contributed by atoms with van der Waals surface area (Å²) < 4.78 is 0. The van der Waals surface area contributed by atoms with E-state index in [1.165, 1.54) is 0 Å². The van der Waals surface area contributed by atoms with Crippen LogP contribution < -0.4 is 5.32 Å². The first kappa shape index (κ1) is 8.39. The summed E-state index contributed by atoms with van der Waals surface area (Å²) in [6, 6.07) is -0.454. The molecule has 0 aliphatic carbocycles. The predicted octanol–water partition coefficient (Wildman–Crippen LogP) is 0.203. The van der Waals surface area contributed by atoms with E-state index in [9.17, 15) is 9.59 Å². The monoisotopic (exact) mass is 174 g/mol. The molecule has 1 aliphatic heterocycles. The van der Waals surface area contributed by atoms with E-state index < -0.39 is 5.37 Å². The lowest BCUT2D eigenvalue weighted by molar-refractivity contribution is -0.126. The molecule has 1 fully saturated rings. The molecule has 0 aromatic rings. The molecular formula is C6H10N2O2S. The molecule has 0 aromatic carbocycles. The summed E-state index contributed by atoms with van der Waals surface area (Å²) in [6.07, 6.45) is 0. The second kappa shape index (κ2) is 2.73. The Balaban J connectivity index is 2.80. The largest absolute Gasteiger partial charge is 0.325 e. The summed E-state index contributed by atoms with van der Waals surface area (Å²) in [6.45, 7) is 3.56. The van der Waals surface area contributed by atoms with Crippen molar-refractivity contribution in [3.8, 4) is 0 Å². The maximum Gasteiger partial charge on any atom is 0.325 e. The lowest BCUT2D eigenvalue weighted by Gasteiger charge is -2.15. The highest BCUT2D eigenvalue weighted by atomic mass is 32.1. The first-order valence-corrected chi connectivity index (χ1v) is 3.87. The fourth-order valence-electron chi connectivity index (χ4n) is 0.969. The van der Waals surface area contributed by atoms with Gasteiger partial charge in [-0.3, -0.25) is 9.69 Å². The van der Waals surface area contributed by atoms with Crippen LogP contribution in [0.25, 0.3) is 0 Å². The summed E-state index contributed by atoms with van der Waals surface area (Å²) in [5, 5.41) is 1.74. The number of amides is 3. The maximum absolute atomic E-state index is 11.1. The second-order valence-corrected chi connectivity index (χ2v) is 3.17. The summed E-state index contributed by atoms with van der Waals surface area (Å²) in [5.74, 6) is -0.270. The molecule has 0 saturated carbocycles. The number of thiol groups is 1. The van der Waals surface area contributed by atoms with E-state index >= 15 is 0 Å². The third kappa shape index (κ3) is 1.33. The van der Waals surface area contributed by atoms with E-state index in [0.29, 0.717) is 0 Å². The zero-order valence-corrected chi connectivity index (χ0v) is 7.26. The molecule has 0 bridgehead atoms. The molecule has 1 atom stereocenters. The topological polar surface area (TPSA) is 49.4 Å². The Morgan fingerprint density at radius 1 is 1.55 bits per heavy atom. The molecule has 4 nitrogen and oxygen atoms in total. The smallest absolute Gasteiger partial charge is 0.317 e. The van der Waals surface area contributed by atoms with Crippen molar-refractivity contribution in [2.45, 2.75) is 25.3 Å². The summed E-state index contributed by atoms with van der Waals surface area (Å²) in [7, 11) is 0. The number of nitrogens with one attached hydrogen (secondary N) is 1. The number of carbonyl (C=O) groups excluding carboxylic acids is 2.